The van der Waals surface area contributed by atoms with Crippen LogP contribution in [0.5, 0.6) is 11.5 Å². The summed E-state index contributed by atoms with van der Waals surface area (Å²) in [6, 6.07) is 10.9. The average Bonchev–Trinajstić information content (AvgIpc) is 2.60. The van der Waals surface area contributed by atoms with Gasteiger partial charge in [0.1, 0.15) is 11.5 Å². The minimum Gasteiger partial charge on any atom is -0.507 e. The molecule has 0 spiro atoms. The smallest absolute Gasteiger partial charge is 0.262 e. The summed E-state index contributed by atoms with van der Waals surface area (Å²) < 4.78 is 5.26. The highest BCUT2D eigenvalue weighted by atomic mass is 16.5. The zero-order valence-electron chi connectivity index (χ0n) is 13.1. The molecule has 2 aromatic carbocycles. The monoisotopic (exact) mass is 335 g/mol. The first kappa shape index (κ1) is 17.3. The van der Waals surface area contributed by atoms with Crippen LogP contribution in [0.4, 0.5) is 0 Å². The van der Waals surface area contributed by atoms with E-state index in [1.807, 2.05) is 12.1 Å². The number of carbonyl (C=O) groups is 1. The molecule has 0 unspecified atom stereocenters. The maximum absolute atomic E-state index is 12.4. The number of rotatable bonds is 3. The van der Waals surface area contributed by atoms with Crippen LogP contribution in [0.2, 0.25) is 0 Å². The predicted octanol–water partition coefficient (Wildman–Crippen LogP) is 1.43. The number of ether oxygens (including phenoxy) is 1. The van der Waals surface area contributed by atoms with E-state index in [9.17, 15) is 15.2 Å². The molecule has 0 radical (unpaired) electrons. The number of aromatic hydroxyl groups is 1. The van der Waals surface area contributed by atoms with Crippen LogP contribution in [0, 0.1) is 28.1 Å². The van der Waals surface area contributed by atoms with Crippen molar-refractivity contribution in [1.82, 2.24) is 5.32 Å². The molecule has 8 nitrogen and oxygen atoms in total. The van der Waals surface area contributed by atoms with Crippen LogP contribution >= 0.6 is 0 Å². The van der Waals surface area contributed by atoms with Gasteiger partial charge in [-0.2, -0.15) is 10.5 Å². The second-order valence-corrected chi connectivity index (χ2v) is 4.89. The molecule has 5 N–H and O–H groups in total. The number of benzene rings is 2. The lowest BCUT2D eigenvalue weighted by Crippen LogP contribution is -2.36. The topological polar surface area (TPSA) is 156 Å². The lowest BCUT2D eigenvalue weighted by atomic mass is 9.92. The lowest BCUT2D eigenvalue weighted by molar-refractivity contribution is 0.0974. The molecule has 0 bridgehead atoms. The van der Waals surface area contributed by atoms with Crippen LogP contribution in [-0.2, 0) is 0 Å². The number of nitrogens with one attached hydrogen (secondary N) is 2. The number of nitrogens with zero attached hydrogens (tertiary/aromatic N) is 2. The fraction of sp³-hybridized carbons (Fsp3) is 0.0588. The van der Waals surface area contributed by atoms with Crippen molar-refractivity contribution in [3.8, 4) is 34.8 Å². The minimum atomic E-state index is -0.860. The molecule has 0 aliphatic carbocycles. The first-order valence-electron chi connectivity index (χ1n) is 6.92. The fourth-order valence-corrected chi connectivity index (χ4v) is 2.35. The molecule has 0 aliphatic rings. The van der Waals surface area contributed by atoms with Crippen molar-refractivity contribution in [2.24, 2.45) is 5.73 Å². The van der Waals surface area contributed by atoms with Gasteiger partial charge in [-0.25, -0.2) is 0 Å². The maximum atomic E-state index is 12.4. The third-order valence-electron chi connectivity index (χ3n) is 3.38. The lowest BCUT2D eigenvalue weighted by Gasteiger charge is -2.16. The Hall–Kier alpha value is -4.04. The van der Waals surface area contributed by atoms with Gasteiger partial charge >= 0.3 is 0 Å². The normalized spacial score (nSPS) is 9.56. The van der Waals surface area contributed by atoms with Crippen molar-refractivity contribution in [2.75, 3.05) is 7.11 Å². The highest BCUT2D eigenvalue weighted by Crippen LogP contribution is 2.39. The Kier molecular flexibility index (Phi) is 4.87. The number of methoxy groups -OCH3 is 1. The zero-order chi connectivity index (χ0) is 18.6. The molecule has 0 atom stereocenters. The number of amides is 1. The largest absolute Gasteiger partial charge is 0.507 e. The molecule has 8 heteroatoms. The van der Waals surface area contributed by atoms with E-state index in [-0.39, 0.29) is 27.8 Å². The van der Waals surface area contributed by atoms with E-state index in [1.54, 1.807) is 0 Å². The van der Waals surface area contributed by atoms with Crippen molar-refractivity contribution < 1.29 is 14.6 Å². The Morgan fingerprint density at radius 1 is 1.28 bits per heavy atom. The number of guanidine groups is 1. The zero-order valence-corrected chi connectivity index (χ0v) is 13.1. The van der Waals surface area contributed by atoms with E-state index in [4.69, 9.17) is 21.1 Å². The van der Waals surface area contributed by atoms with E-state index < -0.39 is 17.6 Å². The van der Waals surface area contributed by atoms with Crippen LogP contribution in [0.3, 0.4) is 0 Å². The van der Waals surface area contributed by atoms with Crippen molar-refractivity contribution in [3.63, 3.8) is 0 Å². The van der Waals surface area contributed by atoms with Crippen molar-refractivity contribution >= 4 is 11.9 Å². The third-order valence-corrected chi connectivity index (χ3v) is 3.38. The average molecular weight is 335 g/mol. The van der Waals surface area contributed by atoms with Gasteiger partial charge in [0.2, 0.25) is 0 Å². The Bertz CT molecular complexity index is 954. The Morgan fingerprint density at radius 3 is 2.56 bits per heavy atom. The van der Waals surface area contributed by atoms with Gasteiger partial charge in [-0.15, -0.1) is 0 Å². The highest BCUT2D eigenvalue weighted by Gasteiger charge is 2.24. The number of phenols is 1. The maximum Gasteiger partial charge on any atom is 0.262 e. The van der Waals surface area contributed by atoms with Crippen LogP contribution in [0.1, 0.15) is 21.5 Å². The molecule has 0 saturated heterocycles. The quantitative estimate of drug-likeness (QED) is 0.491. The van der Waals surface area contributed by atoms with Crippen LogP contribution in [0.15, 0.2) is 30.3 Å². The van der Waals surface area contributed by atoms with Gasteiger partial charge in [0.05, 0.1) is 35.9 Å². The van der Waals surface area contributed by atoms with E-state index in [1.165, 1.54) is 37.4 Å². The van der Waals surface area contributed by atoms with Gasteiger partial charge in [0.15, 0.2) is 5.96 Å². The standard InChI is InChI=1S/C17H13N5O3/c1-25-13-5-2-9(7-18)6-11(13)14-10(8-19)3-4-12(23)15(14)16(24)22-17(20)21/h2-6,23H,1H3,(H4,20,21,22,24). The van der Waals surface area contributed by atoms with Gasteiger partial charge in [0, 0.05) is 11.1 Å². The van der Waals surface area contributed by atoms with Gasteiger partial charge in [-0.05, 0) is 30.3 Å². The number of nitrogens with two attached hydrogens (primary N) is 1. The molecule has 0 aromatic heterocycles. The first-order valence-corrected chi connectivity index (χ1v) is 6.92. The Labute approximate surface area is 143 Å². The van der Waals surface area contributed by atoms with E-state index >= 15 is 0 Å². The molecular formula is C17H13N5O3. The molecular weight excluding hydrogens is 322 g/mol. The summed E-state index contributed by atoms with van der Waals surface area (Å²) in [6.07, 6.45) is 0. The van der Waals surface area contributed by atoms with Crippen LogP contribution < -0.4 is 15.8 Å². The summed E-state index contributed by atoms with van der Waals surface area (Å²) in [7, 11) is 1.40. The van der Waals surface area contributed by atoms with Crippen LogP contribution in [0.25, 0.3) is 11.1 Å². The summed E-state index contributed by atoms with van der Waals surface area (Å²) in [5.74, 6) is -1.58. The summed E-state index contributed by atoms with van der Waals surface area (Å²) >= 11 is 0. The summed E-state index contributed by atoms with van der Waals surface area (Å²) in [5, 5.41) is 38.0. The first-order chi connectivity index (χ1) is 11.9. The molecule has 25 heavy (non-hydrogen) atoms. The van der Waals surface area contributed by atoms with Gasteiger partial charge < -0.3 is 15.6 Å². The van der Waals surface area contributed by atoms with Crippen molar-refractivity contribution in [3.05, 3.63) is 47.0 Å². The van der Waals surface area contributed by atoms with Gasteiger partial charge in [0.25, 0.3) is 5.91 Å². The van der Waals surface area contributed by atoms with Gasteiger partial charge in [-0.1, -0.05) is 0 Å². The molecule has 0 fully saturated rings. The summed E-state index contributed by atoms with van der Waals surface area (Å²) in [5.41, 5.74) is 5.65. The van der Waals surface area contributed by atoms with Crippen molar-refractivity contribution in [1.29, 1.82) is 15.9 Å². The SMILES string of the molecule is COc1ccc(C#N)cc1-c1c(C#N)ccc(O)c1C(=O)NC(=N)N. The molecule has 0 saturated carbocycles. The molecule has 0 heterocycles. The number of carbonyl (C=O) groups excluding carboxylic acids is 1. The van der Waals surface area contributed by atoms with Gasteiger partial charge in [-0.3, -0.25) is 15.5 Å². The second kappa shape index (κ2) is 7.02. The fourth-order valence-electron chi connectivity index (χ4n) is 2.35. The number of phenolic OH excluding ortho intramolecular Hbond substituents is 1. The van der Waals surface area contributed by atoms with Crippen LogP contribution in [-0.4, -0.2) is 24.1 Å². The van der Waals surface area contributed by atoms with E-state index in [0.717, 1.165) is 0 Å². The van der Waals surface area contributed by atoms with E-state index in [0.29, 0.717) is 5.75 Å². The molecule has 1 amide bonds. The third kappa shape index (κ3) is 3.33. The van der Waals surface area contributed by atoms with Crippen molar-refractivity contribution in [2.45, 2.75) is 0 Å². The summed E-state index contributed by atoms with van der Waals surface area (Å²) in [6.45, 7) is 0. The van der Waals surface area contributed by atoms with E-state index in [2.05, 4.69) is 5.32 Å². The molecule has 124 valence electrons. The number of hydrogen-bond acceptors (Lipinski definition) is 6. The Balaban J connectivity index is 2.88. The number of hydrogen-bond donors (Lipinski definition) is 4. The number of nitriles is 2. The molecule has 0 aliphatic heterocycles. The predicted molar refractivity (Wildman–Crippen MR) is 88.9 cm³/mol. The highest BCUT2D eigenvalue weighted by molar-refractivity contribution is 6.11. The summed E-state index contributed by atoms with van der Waals surface area (Å²) in [4.78, 5) is 12.4. The second-order valence-electron chi connectivity index (χ2n) is 4.89. The molecule has 2 aromatic rings. The minimum absolute atomic E-state index is 0.0789. The molecule has 2 rings (SSSR count). The Morgan fingerprint density at radius 2 is 2.00 bits per heavy atom.